The lowest BCUT2D eigenvalue weighted by molar-refractivity contribution is 0.0690. The fourth-order valence-electron chi connectivity index (χ4n) is 4.81. The third-order valence-corrected chi connectivity index (χ3v) is 6.45. The van der Waals surface area contributed by atoms with Gasteiger partial charge in [-0.05, 0) is 50.3 Å². The molecule has 0 spiro atoms. The number of rotatable bonds is 3. The molecule has 0 radical (unpaired) electrons. The Morgan fingerprint density at radius 2 is 1.82 bits per heavy atom. The number of piperidine rings is 1. The molecule has 0 aliphatic carbocycles. The Morgan fingerprint density at radius 1 is 1.07 bits per heavy atom. The third-order valence-electron chi connectivity index (χ3n) is 6.45. The minimum atomic E-state index is 0.164. The molecule has 4 heteroatoms. The summed E-state index contributed by atoms with van der Waals surface area (Å²) in [5.41, 5.74) is 6.03. The summed E-state index contributed by atoms with van der Waals surface area (Å²) < 4.78 is 11.9. The zero-order valence-corrected chi connectivity index (χ0v) is 16.5. The van der Waals surface area contributed by atoms with E-state index in [1.807, 2.05) is 36.1 Å². The monoisotopic (exact) mass is 377 g/mol. The van der Waals surface area contributed by atoms with Crippen LogP contribution in [0.25, 0.3) is 0 Å². The van der Waals surface area contributed by atoms with E-state index in [1.165, 1.54) is 22.3 Å². The number of carbonyl (C=O) groups excluding carboxylic acids is 1. The van der Waals surface area contributed by atoms with E-state index in [0.717, 1.165) is 75.5 Å². The van der Waals surface area contributed by atoms with Crippen LogP contribution < -0.4 is 9.47 Å². The van der Waals surface area contributed by atoms with Crippen molar-refractivity contribution in [2.75, 3.05) is 26.3 Å². The zero-order chi connectivity index (χ0) is 19.1. The van der Waals surface area contributed by atoms with Crippen molar-refractivity contribution in [1.82, 2.24) is 4.90 Å². The standard InChI is InChI=1S/C24H27NO3/c1-16-2-4-18(5-3-16)24(26)25-10-6-17(7-11-25)14-21-20-9-13-27-22(20)15-19-8-12-28-23(19)21/h2-5,15,17H,6-14H2,1H3. The molecule has 146 valence electrons. The first kappa shape index (κ1) is 17.6. The molecule has 1 saturated heterocycles. The molecule has 0 N–H and O–H groups in total. The van der Waals surface area contributed by atoms with Gasteiger partial charge in [0.05, 0.1) is 13.2 Å². The van der Waals surface area contributed by atoms with Gasteiger partial charge in [0.1, 0.15) is 11.5 Å². The summed E-state index contributed by atoms with van der Waals surface area (Å²) in [5, 5.41) is 0. The van der Waals surface area contributed by atoms with Crippen molar-refractivity contribution in [2.45, 2.75) is 39.0 Å². The molecule has 0 atom stereocenters. The number of likely N-dealkylation sites (tertiary alicyclic amines) is 1. The number of amides is 1. The highest BCUT2D eigenvalue weighted by Crippen LogP contribution is 2.42. The van der Waals surface area contributed by atoms with E-state index in [-0.39, 0.29) is 5.91 Å². The van der Waals surface area contributed by atoms with Crippen LogP contribution >= 0.6 is 0 Å². The lowest BCUT2D eigenvalue weighted by atomic mass is 9.86. The first-order valence-electron chi connectivity index (χ1n) is 10.5. The van der Waals surface area contributed by atoms with E-state index in [2.05, 4.69) is 6.07 Å². The number of fused-ring (bicyclic) bond motifs is 2. The highest BCUT2D eigenvalue weighted by atomic mass is 16.5. The summed E-state index contributed by atoms with van der Waals surface area (Å²) in [6.45, 7) is 5.30. The van der Waals surface area contributed by atoms with Crippen LogP contribution in [0.2, 0.25) is 0 Å². The second-order valence-corrected chi connectivity index (χ2v) is 8.32. The molecule has 2 aromatic carbocycles. The van der Waals surface area contributed by atoms with Crippen LogP contribution in [0, 0.1) is 12.8 Å². The summed E-state index contributed by atoms with van der Waals surface area (Å²) >= 11 is 0. The van der Waals surface area contributed by atoms with E-state index in [1.54, 1.807) is 0 Å². The topological polar surface area (TPSA) is 38.8 Å². The van der Waals surface area contributed by atoms with Gasteiger partial charge in [0, 0.05) is 48.2 Å². The van der Waals surface area contributed by atoms with Crippen molar-refractivity contribution >= 4 is 5.91 Å². The van der Waals surface area contributed by atoms with Gasteiger partial charge < -0.3 is 14.4 Å². The fraction of sp³-hybridized carbons (Fsp3) is 0.458. The summed E-state index contributed by atoms with van der Waals surface area (Å²) in [7, 11) is 0. The van der Waals surface area contributed by atoms with E-state index in [0.29, 0.717) is 5.92 Å². The summed E-state index contributed by atoms with van der Waals surface area (Å²) in [5.74, 6) is 2.97. The smallest absolute Gasteiger partial charge is 0.253 e. The van der Waals surface area contributed by atoms with E-state index in [4.69, 9.17) is 9.47 Å². The lowest BCUT2D eigenvalue weighted by Crippen LogP contribution is -2.39. The van der Waals surface area contributed by atoms with Gasteiger partial charge in [0.2, 0.25) is 0 Å². The van der Waals surface area contributed by atoms with E-state index >= 15 is 0 Å². The molecule has 1 fully saturated rings. The van der Waals surface area contributed by atoms with Gasteiger partial charge >= 0.3 is 0 Å². The van der Waals surface area contributed by atoms with Crippen molar-refractivity contribution < 1.29 is 14.3 Å². The molecule has 0 unspecified atom stereocenters. The predicted molar refractivity (Wildman–Crippen MR) is 108 cm³/mol. The van der Waals surface area contributed by atoms with Gasteiger partial charge in [-0.3, -0.25) is 4.79 Å². The van der Waals surface area contributed by atoms with Crippen molar-refractivity contribution in [3.63, 3.8) is 0 Å². The molecule has 3 aliphatic rings. The zero-order valence-electron chi connectivity index (χ0n) is 16.5. The minimum absolute atomic E-state index is 0.164. The first-order chi connectivity index (χ1) is 13.7. The van der Waals surface area contributed by atoms with Crippen LogP contribution in [0.3, 0.4) is 0 Å². The number of ether oxygens (including phenoxy) is 2. The Morgan fingerprint density at radius 3 is 2.61 bits per heavy atom. The van der Waals surface area contributed by atoms with E-state index < -0.39 is 0 Å². The molecule has 0 saturated carbocycles. The van der Waals surface area contributed by atoms with Gasteiger partial charge in [0.25, 0.3) is 5.91 Å². The van der Waals surface area contributed by atoms with Gasteiger partial charge in [0.15, 0.2) is 0 Å². The predicted octanol–water partition coefficient (Wildman–Crippen LogP) is 3.96. The second-order valence-electron chi connectivity index (χ2n) is 8.32. The number of carbonyl (C=O) groups is 1. The normalized spacial score (nSPS) is 18.4. The second kappa shape index (κ2) is 7.16. The SMILES string of the molecule is Cc1ccc(C(=O)N2CCC(Cc3c4c(cc5c3OCC5)OCC4)CC2)cc1. The van der Waals surface area contributed by atoms with Crippen molar-refractivity contribution in [1.29, 1.82) is 0 Å². The summed E-state index contributed by atoms with van der Waals surface area (Å²) in [6, 6.07) is 10.1. The highest BCUT2D eigenvalue weighted by Gasteiger charge is 2.30. The molecule has 1 amide bonds. The quantitative estimate of drug-likeness (QED) is 0.813. The van der Waals surface area contributed by atoms with Gasteiger partial charge in [-0.15, -0.1) is 0 Å². The summed E-state index contributed by atoms with van der Waals surface area (Å²) in [4.78, 5) is 14.8. The summed E-state index contributed by atoms with van der Waals surface area (Å²) in [6.07, 6.45) is 5.13. The molecule has 28 heavy (non-hydrogen) atoms. The number of benzene rings is 2. The van der Waals surface area contributed by atoms with Gasteiger partial charge in [-0.1, -0.05) is 17.7 Å². The van der Waals surface area contributed by atoms with Crippen LogP contribution in [0.5, 0.6) is 11.5 Å². The first-order valence-corrected chi connectivity index (χ1v) is 10.5. The minimum Gasteiger partial charge on any atom is -0.493 e. The fourth-order valence-corrected chi connectivity index (χ4v) is 4.81. The molecule has 5 rings (SSSR count). The van der Waals surface area contributed by atoms with Crippen molar-refractivity contribution in [3.05, 3.63) is 58.1 Å². The van der Waals surface area contributed by atoms with Crippen molar-refractivity contribution in [2.24, 2.45) is 5.92 Å². The van der Waals surface area contributed by atoms with Gasteiger partial charge in [-0.2, -0.15) is 0 Å². The molecule has 3 heterocycles. The Hall–Kier alpha value is -2.49. The maximum absolute atomic E-state index is 12.8. The lowest BCUT2D eigenvalue weighted by Gasteiger charge is -2.32. The van der Waals surface area contributed by atoms with Crippen LogP contribution in [0.15, 0.2) is 30.3 Å². The molecule has 0 aromatic heterocycles. The molecule has 0 bridgehead atoms. The Bertz CT molecular complexity index is 863. The van der Waals surface area contributed by atoms with Crippen LogP contribution in [0.1, 0.15) is 45.5 Å². The van der Waals surface area contributed by atoms with Gasteiger partial charge in [-0.25, -0.2) is 0 Å². The largest absolute Gasteiger partial charge is 0.493 e. The maximum Gasteiger partial charge on any atom is 0.253 e. The molecular weight excluding hydrogens is 350 g/mol. The number of nitrogens with zero attached hydrogens (tertiary/aromatic N) is 1. The average molecular weight is 377 g/mol. The average Bonchev–Trinajstić information content (AvgIpc) is 3.38. The number of hydrogen-bond acceptors (Lipinski definition) is 3. The number of hydrogen-bond donors (Lipinski definition) is 0. The van der Waals surface area contributed by atoms with Crippen LogP contribution in [-0.2, 0) is 19.3 Å². The molecule has 2 aromatic rings. The third kappa shape index (κ3) is 3.15. The molecular formula is C24H27NO3. The Kier molecular flexibility index (Phi) is 4.50. The maximum atomic E-state index is 12.8. The van der Waals surface area contributed by atoms with Crippen LogP contribution in [-0.4, -0.2) is 37.1 Å². The molecule has 3 aliphatic heterocycles. The van der Waals surface area contributed by atoms with Crippen LogP contribution in [0.4, 0.5) is 0 Å². The van der Waals surface area contributed by atoms with E-state index in [9.17, 15) is 4.79 Å². The number of aryl methyl sites for hydroxylation is 1. The Labute approximate surface area is 166 Å². The highest BCUT2D eigenvalue weighted by molar-refractivity contribution is 5.94. The Balaban J connectivity index is 1.27. The molecule has 4 nitrogen and oxygen atoms in total. The van der Waals surface area contributed by atoms with Crippen molar-refractivity contribution in [3.8, 4) is 11.5 Å².